The number of halogens is 1. The lowest BCUT2D eigenvalue weighted by Crippen LogP contribution is -2.17. The van der Waals surface area contributed by atoms with Crippen LogP contribution in [0.25, 0.3) is 0 Å². The molecule has 0 radical (unpaired) electrons. The number of hydrogen-bond donors (Lipinski definition) is 1. The first-order valence-electron chi connectivity index (χ1n) is 4.68. The Kier molecular flexibility index (Phi) is 6.65. The molecule has 0 spiro atoms. The molecular weight excluding hydrogens is 182 g/mol. The summed E-state index contributed by atoms with van der Waals surface area (Å²) in [7, 11) is 0. The lowest BCUT2D eigenvalue weighted by atomic mass is 10.1. The molecule has 1 rings (SSSR count). The van der Waals surface area contributed by atoms with Crippen LogP contribution in [0.15, 0.2) is 24.3 Å². The summed E-state index contributed by atoms with van der Waals surface area (Å²) in [6.07, 6.45) is 0.914. The molecule has 1 atom stereocenters. The molecule has 1 nitrogen and oxygen atoms in total. The fraction of sp³-hybridized carbons (Fsp3) is 0.455. The summed E-state index contributed by atoms with van der Waals surface area (Å²) in [6, 6.07) is 8.01. The predicted molar refractivity (Wildman–Crippen MR) is 60.2 cm³/mol. The summed E-state index contributed by atoms with van der Waals surface area (Å²) in [5.74, 6) is 0. The van der Waals surface area contributed by atoms with Gasteiger partial charge in [-0.1, -0.05) is 37.6 Å². The van der Waals surface area contributed by atoms with Gasteiger partial charge >= 0.3 is 0 Å². The summed E-state index contributed by atoms with van der Waals surface area (Å²) in [5, 5.41) is 0.776. The van der Waals surface area contributed by atoms with E-state index in [1.165, 1.54) is 5.56 Å². The molecule has 13 heavy (non-hydrogen) atoms. The molecule has 0 aliphatic heterocycles. The van der Waals surface area contributed by atoms with Crippen molar-refractivity contribution in [1.82, 2.24) is 0 Å². The molecule has 0 amide bonds. The highest BCUT2D eigenvalue weighted by molar-refractivity contribution is 6.30. The van der Waals surface area contributed by atoms with Gasteiger partial charge in [0.25, 0.3) is 0 Å². The van der Waals surface area contributed by atoms with E-state index in [0.29, 0.717) is 0 Å². The molecule has 0 aromatic heterocycles. The zero-order chi connectivity index (χ0) is 10.3. The van der Waals surface area contributed by atoms with Crippen molar-refractivity contribution in [3.63, 3.8) is 0 Å². The topological polar surface area (TPSA) is 26.0 Å². The van der Waals surface area contributed by atoms with E-state index in [0.717, 1.165) is 11.4 Å². The molecule has 2 heteroatoms. The number of rotatable bonds is 2. The van der Waals surface area contributed by atoms with E-state index in [1.807, 2.05) is 45.0 Å². The maximum Gasteiger partial charge on any atom is 0.0406 e. The van der Waals surface area contributed by atoms with Crippen molar-refractivity contribution < 1.29 is 0 Å². The first-order valence-corrected chi connectivity index (χ1v) is 5.06. The van der Waals surface area contributed by atoms with Crippen LogP contribution in [-0.2, 0) is 6.42 Å². The van der Waals surface area contributed by atoms with Gasteiger partial charge in [-0.3, -0.25) is 0 Å². The zero-order valence-corrected chi connectivity index (χ0v) is 9.31. The third kappa shape index (κ3) is 5.67. The average Bonchev–Trinajstić information content (AvgIpc) is 2.12. The van der Waals surface area contributed by atoms with Crippen LogP contribution in [0, 0.1) is 0 Å². The van der Waals surface area contributed by atoms with E-state index in [9.17, 15) is 0 Å². The monoisotopic (exact) mass is 199 g/mol. The van der Waals surface area contributed by atoms with Gasteiger partial charge in [0.1, 0.15) is 0 Å². The minimum atomic E-state index is 0.219. The van der Waals surface area contributed by atoms with Crippen LogP contribution in [0.2, 0.25) is 5.02 Å². The third-order valence-electron chi connectivity index (χ3n) is 1.47. The summed E-state index contributed by atoms with van der Waals surface area (Å²) in [5.41, 5.74) is 6.87. The van der Waals surface area contributed by atoms with Gasteiger partial charge in [-0.15, -0.1) is 0 Å². The van der Waals surface area contributed by atoms with Crippen LogP contribution < -0.4 is 5.73 Å². The Morgan fingerprint density at radius 3 is 2.08 bits per heavy atom. The molecule has 0 saturated heterocycles. The first-order chi connectivity index (χ1) is 6.18. The highest BCUT2D eigenvalue weighted by atomic mass is 35.5. The molecule has 0 aliphatic carbocycles. The second-order valence-corrected chi connectivity index (χ2v) is 3.24. The van der Waals surface area contributed by atoms with E-state index >= 15 is 0 Å². The average molecular weight is 200 g/mol. The molecule has 74 valence electrons. The van der Waals surface area contributed by atoms with Gasteiger partial charge in [0.05, 0.1) is 0 Å². The van der Waals surface area contributed by atoms with Crippen LogP contribution in [-0.4, -0.2) is 6.04 Å². The van der Waals surface area contributed by atoms with Crippen LogP contribution in [0.3, 0.4) is 0 Å². The number of benzene rings is 1. The zero-order valence-electron chi connectivity index (χ0n) is 8.55. The number of hydrogen-bond acceptors (Lipinski definition) is 1. The summed E-state index contributed by atoms with van der Waals surface area (Å²) in [6.45, 7) is 5.99. The fourth-order valence-corrected chi connectivity index (χ4v) is 1.12. The Hall–Kier alpha value is -0.530. The van der Waals surface area contributed by atoms with Gasteiger partial charge in [-0.2, -0.15) is 0 Å². The van der Waals surface area contributed by atoms with Crippen LogP contribution in [0.5, 0.6) is 0 Å². The molecule has 1 unspecified atom stereocenters. The van der Waals surface area contributed by atoms with Gasteiger partial charge in [-0.05, 0) is 31.0 Å². The Morgan fingerprint density at radius 2 is 1.69 bits per heavy atom. The first kappa shape index (κ1) is 12.5. The Labute approximate surface area is 85.9 Å². The van der Waals surface area contributed by atoms with Gasteiger partial charge in [0, 0.05) is 11.1 Å². The SMILES string of the molecule is CC.CC(N)Cc1ccc(Cl)cc1. The van der Waals surface area contributed by atoms with Crippen molar-refractivity contribution in [3.8, 4) is 0 Å². The van der Waals surface area contributed by atoms with E-state index in [4.69, 9.17) is 17.3 Å². The van der Waals surface area contributed by atoms with Gasteiger partial charge < -0.3 is 5.73 Å². The molecule has 0 aliphatic rings. The van der Waals surface area contributed by atoms with Crippen LogP contribution in [0.4, 0.5) is 0 Å². The lowest BCUT2D eigenvalue weighted by Gasteiger charge is -2.03. The lowest BCUT2D eigenvalue weighted by molar-refractivity contribution is 0.738. The van der Waals surface area contributed by atoms with Gasteiger partial charge in [-0.25, -0.2) is 0 Å². The fourth-order valence-electron chi connectivity index (χ4n) is 0.992. The van der Waals surface area contributed by atoms with Crippen molar-refractivity contribution in [2.24, 2.45) is 5.73 Å². The Bertz CT molecular complexity index is 216. The second-order valence-electron chi connectivity index (χ2n) is 2.81. The van der Waals surface area contributed by atoms with Gasteiger partial charge in [0.15, 0.2) is 0 Å². The van der Waals surface area contributed by atoms with Crippen molar-refractivity contribution >= 4 is 11.6 Å². The molecule has 0 saturated carbocycles. The Morgan fingerprint density at radius 1 is 1.23 bits per heavy atom. The quantitative estimate of drug-likeness (QED) is 0.778. The largest absolute Gasteiger partial charge is 0.328 e. The minimum Gasteiger partial charge on any atom is -0.328 e. The van der Waals surface area contributed by atoms with Crippen molar-refractivity contribution in [2.75, 3.05) is 0 Å². The highest BCUT2D eigenvalue weighted by Gasteiger charge is 1.96. The smallest absolute Gasteiger partial charge is 0.0406 e. The molecule has 0 bridgehead atoms. The maximum atomic E-state index is 5.72. The van der Waals surface area contributed by atoms with E-state index in [-0.39, 0.29) is 6.04 Å². The molecule has 2 N–H and O–H groups in total. The normalized spacial score (nSPS) is 11.5. The predicted octanol–water partition coefficient (Wildman–Crippen LogP) is 3.26. The second kappa shape index (κ2) is 6.93. The maximum absolute atomic E-state index is 5.72. The van der Waals surface area contributed by atoms with Crippen molar-refractivity contribution in [3.05, 3.63) is 34.9 Å². The molecule has 1 aromatic rings. The van der Waals surface area contributed by atoms with Crippen molar-refractivity contribution in [2.45, 2.75) is 33.2 Å². The minimum absolute atomic E-state index is 0.219. The summed E-state index contributed by atoms with van der Waals surface area (Å²) < 4.78 is 0. The van der Waals surface area contributed by atoms with E-state index in [2.05, 4.69) is 0 Å². The molecule has 0 heterocycles. The molecular formula is C11H18ClN. The van der Waals surface area contributed by atoms with Crippen molar-refractivity contribution in [1.29, 1.82) is 0 Å². The highest BCUT2D eigenvalue weighted by Crippen LogP contribution is 2.10. The van der Waals surface area contributed by atoms with Crippen LogP contribution in [0.1, 0.15) is 26.3 Å². The van der Waals surface area contributed by atoms with E-state index in [1.54, 1.807) is 0 Å². The van der Waals surface area contributed by atoms with Gasteiger partial charge in [0.2, 0.25) is 0 Å². The summed E-state index contributed by atoms with van der Waals surface area (Å²) >= 11 is 5.72. The number of nitrogens with two attached hydrogens (primary N) is 1. The molecule has 1 aromatic carbocycles. The Balaban J connectivity index is 0.000000671. The third-order valence-corrected chi connectivity index (χ3v) is 1.72. The van der Waals surface area contributed by atoms with E-state index < -0.39 is 0 Å². The van der Waals surface area contributed by atoms with Crippen LogP contribution >= 0.6 is 11.6 Å². The standard InChI is InChI=1S/C9H12ClN.C2H6/c1-7(11)6-8-2-4-9(10)5-3-8;1-2/h2-5,7H,6,11H2,1H3;1-2H3. The molecule has 0 fully saturated rings. The summed E-state index contributed by atoms with van der Waals surface area (Å²) in [4.78, 5) is 0.